The van der Waals surface area contributed by atoms with Crippen LogP contribution in [0.1, 0.15) is 30.1 Å². The molecular formula is C11H12F3NO. The lowest BCUT2D eigenvalue weighted by Crippen LogP contribution is -2.10. The van der Waals surface area contributed by atoms with Crippen LogP contribution in [0, 0.1) is 5.92 Å². The van der Waals surface area contributed by atoms with E-state index in [1.54, 1.807) is 0 Å². The summed E-state index contributed by atoms with van der Waals surface area (Å²) in [6.45, 7) is 0. The predicted octanol–water partition coefficient (Wildman–Crippen LogP) is 2.73. The molecule has 0 aromatic heterocycles. The molecule has 1 unspecified atom stereocenters. The zero-order valence-corrected chi connectivity index (χ0v) is 8.46. The van der Waals surface area contributed by atoms with Gasteiger partial charge in [-0.3, -0.25) is 0 Å². The van der Waals surface area contributed by atoms with Crippen molar-refractivity contribution in [1.29, 1.82) is 0 Å². The van der Waals surface area contributed by atoms with Crippen LogP contribution >= 0.6 is 0 Å². The summed E-state index contributed by atoms with van der Waals surface area (Å²) >= 11 is 0. The van der Waals surface area contributed by atoms with Crippen LogP contribution in [0.25, 0.3) is 0 Å². The van der Waals surface area contributed by atoms with Gasteiger partial charge < -0.3 is 10.8 Å². The molecule has 0 radical (unpaired) electrons. The molecular weight excluding hydrogens is 219 g/mol. The van der Waals surface area contributed by atoms with Crippen molar-refractivity contribution >= 4 is 5.69 Å². The minimum absolute atomic E-state index is 0.0609. The molecule has 0 heterocycles. The van der Waals surface area contributed by atoms with Crippen LogP contribution in [-0.2, 0) is 6.18 Å². The van der Waals surface area contributed by atoms with Crippen molar-refractivity contribution in [1.82, 2.24) is 0 Å². The number of nitrogens with two attached hydrogens (primary N) is 1. The van der Waals surface area contributed by atoms with E-state index in [4.69, 9.17) is 5.73 Å². The Balaban J connectivity index is 2.36. The first-order valence-electron chi connectivity index (χ1n) is 5.04. The average molecular weight is 231 g/mol. The minimum Gasteiger partial charge on any atom is -0.398 e. The third-order valence-corrected chi connectivity index (χ3v) is 2.80. The highest BCUT2D eigenvalue weighted by molar-refractivity contribution is 5.50. The van der Waals surface area contributed by atoms with Gasteiger partial charge >= 0.3 is 6.18 Å². The molecule has 1 aromatic rings. The smallest absolute Gasteiger partial charge is 0.398 e. The van der Waals surface area contributed by atoms with Gasteiger partial charge in [0.2, 0.25) is 0 Å². The molecule has 5 heteroatoms. The van der Waals surface area contributed by atoms with E-state index in [2.05, 4.69) is 0 Å². The summed E-state index contributed by atoms with van der Waals surface area (Å²) in [6, 6.07) is 3.07. The largest absolute Gasteiger partial charge is 0.416 e. The van der Waals surface area contributed by atoms with Gasteiger partial charge in [-0.2, -0.15) is 13.2 Å². The monoisotopic (exact) mass is 231 g/mol. The second-order valence-electron chi connectivity index (χ2n) is 4.12. The fourth-order valence-corrected chi connectivity index (χ4v) is 1.67. The number of hydrogen-bond acceptors (Lipinski definition) is 2. The number of aliphatic hydroxyl groups is 1. The highest BCUT2D eigenvalue weighted by Crippen LogP contribution is 2.43. The van der Waals surface area contributed by atoms with E-state index in [1.807, 2.05) is 0 Å². The Bertz CT molecular complexity index is 399. The molecule has 0 bridgehead atoms. The molecule has 2 rings (SSSR count). The second kappa shape index (κ2) is 3.66. The third kappa shape index (κ3) is 2.14. The Hall–Kier alpha value is -1.23. The Morgan fingerprint density at radius 3 is 2.44 bits per heavy atom. The molecule has 1 fully saturated rings. The summed E-state index contributed by atoms with van der Waals surface area (Å²) in [5.74, 6) is 0.0609. The highest BCUT2D eigenvalue weighted by Gasteiger charge is 2.35. The van der Waals surface area contributed by atoms with Gasteiger partial charge in [0, 0.05) is 11.3 Å². The fraction of sp³-hybridized carbons (Fsp3) is 0.455. The fourth-order valence-electron chi connectivity index (χ4n) is 1.67. The molecule has 3 N–H and O–H groups in total. The Labute approximate surface area is 90.9 Å². The molecule has 0 saturated heterocycles. The van der Waals surface area contributed by atoms with Crippen molar-refractivity contribution in [3.63, 3.8) is 0 Å². The van der Waals surface area contributed by atoms with Gasteiger partial charge in [0.15, 0.2) is 0 Å². The summed E-state index contributed by atoms with van der Waals surface area (Å²) < 4.78 is 37.4. The van der Waals surface area contributed by atoms with Gasteiger partial charge in [0.05, 0.1) is 11.7 Å². The van der Waals surface area contributed by atoms with E-state index >= 15 is 0 Å². The molecule has 0 aliphatic heterocycles. The quantitative estimate of drug-likeness (QED) is 0.769. The molecule has 88 valence electrons. The molecule has 0 amide bonds. The second-order valence-corrected chi connectivity index (χ2v) is 4.12. The lowest BCUT2D eigenvalue weighted by atomic mass is 10.0. The van der Waals surface area contributed by atoms with Crippen LogP contribution in [0.3, 0.4) is 0 Å². The summed E-state index contributed by atoms with van der Waals surface area (Å²) in [4.78, 5) is 0. The normalized spacial score (nSPS) is 18.5. The van der Waals surface area contributed by atoms with Gasteiger partial charge in [0.1, 0.15) is 0 Å². The first-order valence-corrected chi connectivity index (χ1v) is 5.04. The molecule has 0 spiro atoms. The summed E-state index contributed by atoms with van der Waals surface area (Å²) in [6.07, 6.45) is -3.58. The number of nitrogen functional groups attached to an aromatic ring is 1. The van der Waals surface area contributed by atoms with Crippen LogP contribution in [0.2, 0.25) is 0 Å². The van der Waals surface area contributed by atoms with Crippen molar-refractivity contribution in [2.45, 2.75) is 25.1 Å². The van der Waals surface area contributed by atoms with E-state index in [1.165, 1.54) is 6.07 Å². The number of hydrogen-bond donors (Lipinski definition) is 2. The van der Waals surface area contributed by atoms with Crippen LogP contribution in [-0.4, -0.2) is 5.11 Å². The Morgan fingerprint density at radius 1 is 1.31 bits per heavy atom. The zero-order valence-electron chi connectivity index (χ0n) is 8.46. The first kappa shape index (κ1) is 11.3. The molecule has 1 aromatic carbocycles. The van der Waals surface area contributed by atoms with E-state index in [0.717, 1.165) is 25.0 Å². The lowest BCUT2D eigenvalue weighted by Gasteiger charge is -2.15. The van der Waals surface area contributed by atoms with Gasteiger partial charge in [-0.25, -0.2) is 0 Å². The van der Waals surface area contributed by atoms with E-state index < -0.39 is 17.8 Å². The average Bonchev–Trinajstić information content (AvgIpc) is 2.98. The minimum atomic E-state index is -4.40. The van der Waals surface area contributed by atoms with Gasteiger partial charge in [-0.15, -0.1) is 0 Å². The SMILES string of the molecule is Nc1ccc(C(F)(F)F)cc1C(O)C1CC1. The maximum atomic E-state index is 12.5. The highest BCUT2D eigenvalue weighted by atomic mass is 19.4. The standard InChI is InChI=1S/C11H12F3NO/c12-11(13,14)7-3-4-9(15)8(5-7)10(16)6-1-2-6/h3-6,10,16H,1-2,15H2. The van der Waals surface area contributed by atoms with Crippen LogP contribution < -0.4 is 5.73 Å². The maximum Gasteiger partial charge on any atom is 0.416 e. The van der Waals surface area contributed by atoms with E-state index in [-0.39, 0.29) is 17.2 Å². The summed E-state index contributed by atoms with van der Waals surface area (Å²) in [5.41, 5.74) is 5.21. The van der Waals surface area contributed by atoms with E-state index in [9.17, 15) is 18.3 Å². The third-order valence-electron chi connectivity index (χ3n) is 2.80. The van der Waals surface area contributed by atoms with Crippen LogP contribution in [0.4, 0.5) is 18.9 Å². The molecule has 16 heavy (non-hydrogen) atoms. The lowest BCUT2D eigenvalue weighted by molar-refractivity contribution is -0.137. The first-order chi connectivity index (χ1) is 7.39. The summed E-state index contributed by atoms with van der Waals surface area (Å²) in [5, 5.41) is 9.78. The number of halogens is 3. The molecule has 2 nitrogen and oxygen atoms in total. The Kier molecular flexibility index (Phi) is 2.58. The molecule has 1 aliphatic carbocycles. The van der Waals surface area contributed by atoms with Gasteiger partial charge in [-0.05, 0) is 37.0 Å². The van der Waals surface area contributed by atoms with Crippen molar-refractivity contribution in [3.8, 4) is 0 Å². The van der Waals surface area contributed by atoms with Crippen LogP contribution in [0.5, 0.6) is 0 Å². The molecule has 1 saturated carbocycles. The van der Waals surface area contributed by atoms with Crippen molar-refractivity contribution in [2.75, 3.05) is 5.73 Å². The topological polar surface area (TPSA) is 46.2 Å². The Morgan fingerprint density at radius 2 is 1.94 bits per heavy atom. The number of anilines is 1. The van der Waals surface area contributed by atoms with E-state index in [0.29, 0.717) is 0 Å². The number of benzene rings is 1. The molecule has 1 aliphatic rings. The number of alkyl halides is 3. The maximum absolute atomic E-state index is 12.5. The van der Waals surface area contributed by atoms with Gasteiger partial charge in [0.25, 0.3) is 0 Å². The van der Waals surface area contributed by atoms with Crippen molar-refractivity contribution < 1.29 is 18.3 Å². The van der Waals surface area contributed by atoms with Crippen molar-refractivity contribution in [3.05, 3.63) is 29.3 Å². The summed E-state index contributed by atoms with van der Waals surface area (Å²) in [7, 11) is 0. The van der Waals surface area contributed by atoms with Crippen molar-refractivity contribution in [2.24, 2.45) is 5.92 Å². The molecule has 1 atom stereocenters. The number of rotatable bonds is 2. The number of aliphatic hydroxyl groups excluding tert-OH is 1. The van der Waals surface area contributed by atoms with Gasteiger partial charge in [-0.1, -0.05) is 0 Å². The zero-order chi connectivity index (χ0) is 11.9. The van der Waals surface area contributed by atoms with Crippen LogP contribution in [0.15, 0.2) is 18.2 Å². The predicted molar refractivity (Wildman–Crippen MR) is 53.5 cm³/mol.